The number of aryl methyl sites for hydroxylation is 1. The zero-order valence-corrected chi connectivity index (χ0v) is 19.0. The Morgan fingerprint density at radius 3 is 1.62 bits per heavy atom. The summed E-state index contributed by atoms with van der Waals surface area (Å²) in [5.41, 5.74) is 3.65. The van der Waals surface area contributed by atoms with Crippen LogP contribution >= 0.6 is 0 Å². The van der Waals surface area contributed by atoms with E-state index in [0.717, 1.165) is 11.1 Å². The second-order valence-corrected chi connectivity index (χ2v) is 8.31. The zero-order chi connectivity index (χ0) is 24.1. The molecule has 1 heterocycles. The average molecular weight is 454 g/mol. The second kappa shape index (κ2) is 10.4. The van der Waals surface area contributed by atoms with Crippen molar-refractivity contribution in [3.05, 3.63) is 131 Å². The number of hydrogen-bond donors (Lipinski definition) is 2. The molecular formula is C29H27NO4. The molecule has 0 aliphatic carbocycles. The number of rotatable bonds is 8. The maximum Gasteiger partial charge on any atom is 0.191 e. The number of allylic oxidation sites excluding steroid dienone is 2. The van der Waals surface area contributed by atoms with Crippen molar-refractivity contribution in [1.82, 2.24) is 4.90 Å². The molecule has 5 nitrogen and oxygen atoms in total. The fourth-order valence-corrected chi connectivity index (χ4v) is 4.27. The van der Waals surface area contributed by atoms with Gasteiger partial charge in [0.1, 0.15) is 0 Å². The highest BCUT2D eigenvalue weighted by atomic mass is 16.3. The summed E-state index contributed by atoms with van der Waals surface area (Å²) >= 11 is 0. The molecule has 1 aliphatic heterocycles. The summed E-state index contributed by atoms with van der Waals surface area (Å²) in [5.74, 6) is -1.02. The first-order valence-corrected chi connectivity index (χ1v) is 11.2. The van der Waals surface area contributed by atoms with Crippen LogP contribution in [0.3, 0.4) is 0 Å². The molecular weight excluding hydrogens is 426 g/mol. The van der Waals surface area contributed by atoms with E-state index < -0.39 is 12.0 Å². The first-order valence-electron chi connectivity index (χ1n) is 11.2. The monoisotopic (exact) mass is 453 g/mol. The molecule has 172 valence electrons. The Morgan fingerprint density at radius 1 is 0.735 bits per heavy atom. The number of benzene rings is 3. The van der Waals surface area contributed by atoms with Crippen molar-refractivity contribution in [2.45, 2.75) is 18.9 Å². The molecule has 0 unspecified atom stereocenters. The third kappa shape index (κ3) is 4.62. The standard InChI is InChI=1S/C29H27NO4/c1-20-10-8-9-15-24(20)27-25(28(33)21-11-4-2-5-12-21)16-30(23(18-31)19-32)17-26(27)29(34)22-13-6-3-7-14-22/h2-17,23,27,31-32H,18-19H2,1H3. The van der Waals surface area contributed by atoms with Gasteiger partial charge < -0.3 is 15.1 Å². The van der Waals surface area contributed by atoms with Crippen LogP contribution < -0.4 is 0 Å². The van der Waals surface area contributed by atoms with Gasteiger partial charge in [0.2, 0.25) is 0 Å². The van der Waals surface area contributed by atoms with Crippen LogP contribution in [0.15, 0.2) is 108 Å². The second-order valence-electron chi connectivity index (χ2n) is 8.31. The zero-order valence-electron chi connectivity index (χ0n) is 19.0. The molecule has 34 heavy (non-hydrogen) atoms. The van der Waals surface area contributed by atoms with Gasteiger partial charge in [-0.25, -0.2) is 0 Å². The SMILES string of the molecule is Cc1ccccc1C1C(C(=O)c2ccccc2)=CN(C(CO)CO)C=C1C(=O)c1ccccc1. The van der Waals surface area contributed by atoms with Crippen molar-refractivity contribution in [1.29, 1.82) is 0 Å². The van der Waals surface area contributed by atoms with E-state index in [1.807, 2.05) is 43.3 Å². The number of aliphatic hydroxyl groups is 2. The highest BCUT2D eigenvalue weighted by molar-refractivity contribution is 6.15. The Labute approximate surface area is 199 Å². The van der Waals surface area contributed by atoms with Gasteiger partial charge in [-0.1, -0.05) is 84.9 Å². The molecule has 0 amide bonds. The minimum Gasteiger partial charge on any atom is -0.394 e. The summed E-state index contributed by atoms with van der Waals surface area (Å²) in [4.78, 5) is 29.2. The largest absolute Gasteiger partial charge is 0.394 e. The number of hydrogen-bond acceptors (Lipinski definition) is 5. The van der Waals surface area contributed by atoms with Gasteiger partial charge in [-0.05, 0) is 18.1 Å². The number of carbonyl (C=O) groups is 2. The molecule has 0 fully saturated rings. The average Bonchev–Trinajstić information content (AvgIpc) is 2.89. The van der Waals surface area contributed by atoms with Crippen LogP contribution in [0.2, 0.25) is 0 Å². The van der Waals surface area contributed by atoms with Crippen LogP contribution in [-0.4, -0.2) is 45.9 Å². The van der Waals surface area contributed by atoms with E-state index in [0.29, 0.717) is 22.3 Å². The number of ketones is 2. The van der Waals surface area contributed by atoms with Crippen LogP contribution in [-0.2, 0) is 0 Å². The molecule has 4 rings (SSSR count). The third-order valence-corrected chi connectivity index (χ3v) is 6.14. The minimum atomic E-state index is -0.685. The number of nitrogens with zero attached hydrogens (tertiary/aromatic N) is 1. The van der Waals surface area contributed by atoms with Gasteiger partial charge in [0.15, 0.2) is 11.6 Å². The molecule has 1 aliphatic rings. The first-order chi connectivity index (χ1) is 16.5. The lowest BCUT2D eigenvalue weighted by Crippen LogP contribution is -2.38. The fraction of sp³-hybridized carbons (Fsp3) is 0.172. The molecule has 2 N–H and O–H groups in total. The van der Waals surface area contributed by atoms with E-state index >= 15 is 0 Å². The van der Waals surface area contributed by atoms with Crippen LogP contribution in [0.5, 0.6) is 0 Å². The van der Waals surface area contributed by atoms with Crippen molar-refractivity contribution in [3.63, 3.8) is 0 Å². The topological polar surface area (TPSA) is 77.8 Å². The summed E-state index contributed by atoms with van der Waals surface area (Å²) in [5, 5.41) is 19.7. The fourth-order valence-electron chi connectivity index (χ4n) is 4.27. The Bertz CT molecular complexity index is 1160. The van der Waals surface area contributed by atoms with Crippen molar-refractivity contribution in [2.75, 3.05) is 13.2 Å². The maximum absolute atomic E-state index is 13.8. The summed E-state index contributed by atoms with van der Waals surface area (Å²) in [6.07, 6.45) is 3.32. The van der Waals surface area contributed by atoms with Gasteiger partial charge in [0.05, 0.1) is 19.3 Å². The van der Waals surface area contributed by atoms with Gasteiger partial charge in [0, 0.05) is 40.6 Å². The molecule has 0 atom stereocenters. The Balaban J connectivity index is 1.93. The van der Waals surface area contributed by atoms with Crippen molar-refractivity contribution < 1.29 is 19.8 Å². The van der Waals surface area contributed by atoms with Gasteiger partial charge in [-0.3, -0.25) is 9.59 Å². The molecule has 0 radical (unpaired) electrons. The highest BCUT2D eigenvalue weighted by Gasteiger charge is 2.36. The Hall–Kier alpha value is -3.80. The predicted octanol–water partition coefficient (Wildman–Crippen LogP) is 4.28. The van der Waals surface area contributed by atoms with Gasteiger partial charge >= 0.3 is 0 Å². The molecule has 3 aromatic carbocycles. The van der Waals surface area contributed by atoms with Crippen molar-refractivity contribution in [3.8, 4) is 0 Å². The summed E-state index contributed by atoms with van der Waals surface area (Å²) in [6.45, 7) is 1.29. The quantitative estimate of drug-likeness (QED) is 0.498. The van der Waals surface area contributed by atoms with E-state index in [9.17, 15) is 19.8 Å². The highest BCUT2D eigenvalue weighted by Crippen LogP contribution is 2.40. The Kier molecular flexibility index (Phi) is 7.16. The smallest absolute Gasteiger partial charge is 0.191 e. The number of Topliss-reactive ketones (excluding diaryl/α,β-unsaturated/α-hetero) is 2. The summed E-state index contributed by atoms with van der Waals surface area (Å²) in [7, 11) is 0. The van der Waals surface area contributed by atoms with E-state index in [1.165, 1.54) is 0 Å². The van der Waals surface area contributed by atoms with Crippen LogP contribution in [0.25, 0.3) is 0 Å². The van der Waals surface area contributed by atoms with E-state index in [1.54, 1.807) is 65.8 Å². The lowest BCUT2D eigenvalue weighted by atomic mass is 9.76. The van der Waals surface area contributed by atoms with Crippen LogP contribution in [0.4, 0.5) is 0 Å². The molecule has 5 heteroatoms. The van der Waals surface area contributed by atoms with Gasteiger partial charge in [0.25, 0.3) is 0 Å². The van der Waals surface area contributed by atoms with Crippen LogP contribution in [0, 0.1) is 6.92 Å². The molecule has 0 saturated carbocycles. The number of carbonyl (C=O) groups excluding carboxylic acids is 2. The van der Waals surface area contributed by atoms with Gasteiger partial charge in [-0.15, -0.1) is 0 Å². The van der Waals surface area contributed by atoms with Crippen LogP contribution in [0.1, 0.15) is 37.8 Å². The van der Waals surface area contributed by atoms with Gasteiger partial charge in [-0.2, -0.15) is 0 Å². The number of aliphatic hydroxyl groups excluding tert-OH is 2. The summed E-state index contributed by atoms with van der Waals surface area (Å²) < 4.78 is 0. The molecule has 0 spiro atoms. The van der Waals surface area contributed by atoms with E-state index in [4.69, 9.17) is 0 Å². The Morgan fingerprint density at radius 2 is 1.18 bits per heavy atom. The first kappa shape index (κ1) is 23.4. The predicted molar refractivity (Wildman–Crippen MR) is 131 cm³/mol. The lowest BCUT2D eigenvalue weighted by Gasteiger charge is -2.35. The minimum absolute atomic E-state index is 0.208. The van der Waals surface area contributed by atoms with E-state index in [-0.39, 0.29) is 24.8 Å². The lowest BCUT2D eigenvalue weighted by molar-refractivity contribution is 0.0989. The van der Waals surface area contributed by atoms with Crippen molar-refractivity contribution >= 4 is 11.6 Å². The third-order valence-electron chi connectivity index (χ3n) is 6.14. The molecule has 0 bridgehead atoms. The molecule has 0 saturated heterocycles. The maximum atomic E-state index is 13.8. The van der Waals surface area contributed by atoms with Crippen molar-refractivity contribution in [2.24, 2.45) is 0 Å². The summed E-state index contributed by atoms with van der Waals surface area (Å²) in [6, 6.07) is 24.9. The molecule has 0 aromatic heterocycles. The normalized spacial score (nSPS) is 14.1. The molecule has 3 aromatic rings. The van der Waals surface area contributed by atoms with E-state index in [2.05, 4.69) is 0 Å².